The number of guanidine groups is 1. The number of rotatable bonds is 9. The molecule has 1 aromatic heterocycles. The molecule has 0 saturated heterocycles. The zero-order chi connectivity index (χ0) is 16.2. The highest BCUT2D eigenvalue weighted by molar-refractivity contribution is 14.0. The summed E-state index contributed by atoms with van der Waals surface area (Å²) in [5.74, 6) is 2.90. The fourth-order valence-electron chi connectivity index (χ4n) is 2.15. The molecule has 1 aromatic carbocycles. The first-order chi connectivity index (χ1) is 11.4. The topological polar surface area (TPSA) is 49.6 Å². The van der Waals surface area contributed by atoms with Crippen LogP contribution in [0.2, 0.25) is 0 Å². The van der Waals surface area contributed by atoms with Crippen molar-refractivity contribution in [3.05, 3.63) is 60.1 Å². The van der Waals surface area contributed by atoms with E-state index in [1.54, 1.807) is 6.26 Å². The zero-order valence-corrected chi connectivity index (χ0v) is 17.2. The molecule has 0 aliphatic heterocycles. The maximum absolute atomic E-state index is 5.35. The molecule has 132 valence electrons. The minimum Gasteiger partial charge on any atom is -0.469 e. The Morgan fingerprint density at radius 1 is 1.04 bits per heavy atom. The quantitative estimate of drug-likeness (QED) is 0.261. The van der Waals surface area contributed by atoms with Crippen molar-refractivity contribution in [3.8, 4) is 0 Å². The van der Waals surface area contributed by atoms with E-state index in [1.165, 1.54) is 5.56 Å². The normalized spacial score (nSPS) is 11.0. The minimum atomic E-state index is 0. The Morgan fingerprint density at radius 3 is 2.46 bits per heavy atom. The molecule has 0 aliphatic rings. The fraction of sp³-hybridized carbons (Fsp3) is 0.389. The molecule has 0 radical (unpaired) electrons. The number of furan rings is 1. The molecule has 0 atom stereocenters. The summed E-state index contributed by atoms with van der Waals surface area (Å²) < 4.78 is 5.35. The predicted octanol–water partition coefficient (Wildman–Crippen LogP) is 3.58. The summed E-state index contributed by atoms with van der Waals surface area (Å²) >= 11 is 1.81. The molecule has 2 aromatic rings. The average molecular weight is 459 g/mol. The van der Waals surface area contributed by atoms with Gasteiger partial charge in [0.2, 0.25) is 0 Å². The van der Waals surface area contributed by atoms with E-state index >= 15 is 0 Å². The van der Waals surface area contributed by atoms with Crippen LogP contribution in [0.25, 0.3) is 0 Å². The van der Waals surface area contributed by atoms with Gasteiger partial charge in [-0.15, -0.1) is 24.0 Å². The Kier molecular flexibility index (Phi) is 11.5. The standard InChI is InChI=1S/C18H25N3OS.HI/c1-23-15-13-21-18(20-12-10-17-8-5-14-22-17)19-11-9-16-6-3-2-4-7-16;/h2-8,14H,9-13,15H2,1H3,(H2,19,20,21);1H. The number of hydrogen-bond acceptors (Lipinski definition) is 3. The molecular formula is C18H26IN3OS. The van der Waals surface area contributed by atoms with E-state index in [9.17, 15) is 0 Å². The van der Waals surface area contributed by atoms with Gasteiger partial charge in [0, 0.05) is 25.3 Å². The molecule has 0 bridgehead atoms. The predicted molar refractivity (Wildman–Crippen MR) is 115 cm³/mol. The Morgan fingerprint density at radius 2 is 1.79 bits per heavy atom. The second kappa shape index (κ2) is 13.2. The van der Waals surface area contributed by atoms with Crippen LogP contribution in [0, 0.1) is 0 Å². The van der Waals surface area contributed by atoms with Crippen LogP contribution in [0.15, 0.2) is 58.1 Å². The zero-order valence-electron chi connectivity index (χ0n) is 14.0. The van der Waals surface area contributed by atoms with Crippen LogP contribution in [0.4, 0.5) is 0 Å². The summed E-state index contributed by atoms with van der Waals surface area (Å²) in [4.78, 5) is 4.61. The van der Waals surface area contributed by atoms with Crippen LogP contribution in [0.5, 0.6) is 0 Å². The van der Waals surface area contributed by atoms with Crippen molar-refractivity contribution in [2.24, 2.45) is 4.99 Å². The molecule has 0 unspecified atom stereocenters. The van der Waals surface area contributed by atoms with Gasteiger partial charge in [-0.1, -0.05) is 30.3 Å². The Bertz CT molecular complexity index is 561. The molecule has 0 aliphatic carbocycles. The molecule has 0 saturated carbocycles. The van der Waals surface area contributed by atoms with Crippen molar-refractivity contribution in [1.82, 2.24) is 10.6 Å². The largest absolute Gasteiger partial charge is 0.469 e. The summed E-state index contributed by atoms with van der Waals surface area (Å²) in [7, 11) is 0. The van der Waals surface area contributed by atoms with Crippen molar-refractivity contribution in [1.29, 1.82) is 0 Å². The van der Waals surface area contributed by atoms with Gasteiger partial charge in [0.25, 0.3) is 0 Å². The maximum atomic E-state index is 5.35. The summed E-state index contributed by atoms with van der Waals surface area (Å²) in [5.41, 5.74) is 1.33. The second-order valence-electron chi connectivity index (χ2n) is 5.14. The molecule has 0 spiro atoms. The first-order valence-corrected chi connectivity index (χ1v) is 9.35. The fourth-order valence-corrected chi connectivity index (χ4v) is 2.43. The number of hydrogen-bond donors (Lipinski definition) is 2. The number of nitrogens with zero attached hydrogens (tertiary/aromatic N) is 1. The van der Waals surface area contributed by atoms with Crippen LogP contribution in [0.3, 0.4) is 0 Å². The Hall–Kier alpha value is -1.15. The van der Waals surface area contributed by atoms with Crippen molar-refractivity contribution < 1.29 is 4.42 Å². The molecule has 0 fully saturated rings. The van der Waals surface area contributed by atoms with Crippen LogP contribution < -0.4 is 10.6 Å². The number of nitrogens with one attached hydrogen (secondary N) is 2. The Balaban J connectivity index is 0.00000288. The summed E-state index contributed by atoms with van der Waals surface area (Å²) in [6.45, 7) is 2.50. The van der Waals surface area contributed by atoms with Crippen molar-refractivity contribution in [3.63, 3.8) is 0 Å². The lowest BCUT2D eigenvalue weighted by molar-refractivity contribution is 0.507. The van der Waals surface area contributed by atoms with Crippen LogP contribution in [-0.2, 0) is 12.8 Å². The van der Waals surface area contributed by atoms with E-state index in [-0.39, 0.29) is 24.0 Å². The highest BCUT2D eigenvalue weighted by atomic mass is 127. The lowest BCUT2D eigenvalue weighted by Gasteiger charge is -2.12. The molecular weight excluding hydrogens is 433 g/mol. The smallest absolute Gasteiger partial charge is 0.191 e. The molecule has 2 rings (SSSR count). The van der Waals surface area contributed by atoms with E-state index in [0.717, 1.165) is 49.9 Å². The lowest BCUT2D eigenvalue weighted by atomic mass is 10.1. The van der Waals surface area contributed by atoms with Gasteiger partial charge in [0.15, 0.2) is 5.96 Å². The molecule has 24 heavy (non-hydrogen) atoms. The van der Waals surface area contributed by atoms with Crippen LogP contribution >= 0.6 is 35.7 Å². The highest BCUT2D eigenvalue weighted by Crippen LogP contribution is 2.00. The van der Waals surface area contributed by atoms with E-state index < -0.39 is 0 Å². The van der Waals surface area contributed by atoms with Gasteiger partial charge in [-0.05, 0) is 30.4 Å². The van der Waals surface area contributed by atoms with Gasteiger partial charge in [-0.25, -0.2) is 0 Å². The number of halogens is 1. The third kappa shape index (κ3) is 8.63. The van der Waals surface area contributed by atoms with Gasteiger partial charge in [-0.2, -0.15) is 11.8 Å². The number of aliphatic imine (C=N–C) groups is 1. The van der Waals surface area contributed by atoms with Crippen LogP contribution in [-0.4, -0.2) is 37.6 Å². The van der Waals surface area contributed by atoms with Gasteiger partial charge < -0.3 is 15.1 Å². The molecule has 2 N–H and O–H groups in total. The summed E-state index contributed by atoms with van der Waals surface area (Å²) in [6, 6.07) is 14.4. The summed E-state index contributed by atoms with van der Waals surface area (Å²) in [6.07, 6.45) is 5.65. The highest BCUT2D eigenvalue weighted by Gasteiger charge is 2.00. The van der Waals surface area contributed by atoms with Crippen molar-refractivity contribution in [2.45, 2.75) is 12.8 Å². The second-order valence-corrected chi connectivity index (χ2v) is 6.13. The summed E-state index contributed by atoms with van der Waals surface area (Å²) in [5, 5.41) is 6.78. The van der Waals surface area contributed by atoms with Gasteiger partial charge in [0.1, 0.15) is 5.76 Å². The van der Waals surface area contributed by atoms with Crippen molar-refractivity contribution >= 4 is 41.7 Å². The van der Waals surface area contributed by atoms with Crippen LogP contribution in [0.1, 0.15) is 11.3 Å². The molecule has 1 heterocycles. The van der Waals surface area contributed by atoms with E-state index in [1.807, 2.05) is 30.0 Å². The molecule has 6 heteroatoms. The van der Waals surface area contributed by atoms with Crippen molar-refractivity contribution in [2.75, 3.05) is 31.6 Å². The van der Waals surface area contributed by atoms with E-state index in [4.69, 9.17) is 4.42 Å². The Labute approximate surface area is 165 Å². The SMILES string of the molecule is CSCCN=C(NCCc1ccccc1)NCCc1ccco1.I. The lowest BCUT2D eigenvalue weighted by Crippen LogP contribution is -2.39. The van der Waals surface area contributed by atoms with Gasteiger partial charge in [0.05, 0.1) is 12.8 Å². The third-order valence-electron chi connectivity index (χ3n) is 3.36. The maximum Gasteiger partial charge on any atom is 0.191 e. The monoisotopic (exact) mass is 459 g/mol. The van der Waals surface area contributed by atoms with E-state index in [0.29, 0.717) is 0 Å². The minimum absolute atomic E-state index is 0. The number of benzene rings is 1. The first-order valence-electron chi connectivity index (χ1n) is 7.96. The number of thioether (sulfide) groups is 1. The molecule has 4 nitrogen and oxygen atoms in total. The average Bonchev–Trinajstić information content (AvgIpc) is 3.09. The third-order valence-corrected chi connectivity index (χ3v) is 3.95. The van der Waals surface area contributed by atoms with Gasteiger partial charge >= 0.3 is 0 Å². The first kappa shape index (κ1) is 20.9. The van der Waals surface area contributed by atoms with Gasteiger partial charge in [-0.3, -0.25) is 4.99 Å². The van der Waals surface area contributed by atoms with E-state index in [2.05, 4.69) is 46.1 Å². The molecule has 0 amide bonds.